The van der Waals surface area contributed by atoms with Crippen LogP contribution in [0.15, 0.2) is 35.5 Å². The summed E-state index contributed by atoms with van der Waals surface area (Å²) < 4.78 is 0. The highest BCUT2D eigenvalue weighted by molar-refractivity contribution is 7.99. The number of carbonyl (C=O) groups excluding carboxylic acids is 1. The van der Waals surface area contributed by atoms with Gasteiger partial charge >= 0.3 is 0 Å². The Bertz CT molecular complexity index is 629. The zero-order valence-corrected chi connectivity index (χ0v) is 13.2. The molecule has 22 heavy (non-hydrogen) atoms. The second-order valence-corrected chi connectivity index (χ2v) is 5.76. The Morgan fingerprint density at radius 1 is 1.14 bits per heavy atom. The van der Waals surface area contributed by atoms with Crippen molar-refractivity contribution in [2.45, 2.75) is 25.0 Å². The number of hydrogen-bond donors (Lipinski definition) is 2. The Morgan fingerprint density at radius 2 is 1.73 bits per heavy atom. The van der Waals surface area contributed by atoms with E-state index in [1.165, 1.54) is 11.8 Å². The molecule has 0 saturated carbocycles. The zero-order valence-electron chi connectivity index (χ0n) is 12.4. The predicted molar refractivity (Wildman–Crippen MR) is 88.4 cm³/mol. The fourth-order valence-electron chi connectivity index (χ4n) is 1.97. The highest BCUT2D eigenvalue weighted by Crippen LogP contribution is 2.20. The fourth-order valence-corrected chi connectivity index (χ4v) is 2.68. The summed E-state index contributed by atoms with van der Waals surface area (Å²) in [5, 5.41) is 0.343. The molecule has 0 saturated heterocycles. The minimum absolute atomic E-state index is 0.0382. The molecule has 2 rings (SSSR count). The molecule has 1 aromatic carbocycles. The smallest absolute Gasteiger partial charge is 0.237 e. The van der Waals surface area contributed by atoms with Crippen LogP contribution in [-0.2, 0) is 4.79 Å². The zero-order chi connectivity index (χ0) is 16.1. The summed E-state index contributed by atoms with van der Waals surface area (Å²) in [6, 6.07) is 9.57. The largest absolute Gasteiger partial charge is 0.368 e. The summed E-state index contributed by atoms with van der Waals surface area (Å²) in [7, 11) is 0. The Morgan fingerprint density at radius 3 is 2.27 bits per heavy atom. The molecule has 0 aliphatic carbocycles. The van der Waals surface area contributed by atoms with Gasteiger partial charge in [-0.1, -0.05) is 30.0 Å². The van der Waals surface area contributed by atoms with Crippen molar-refractivity contribution in [2.24, 2.45) is 0 Å². The Kier molecular flexibility index (Phi) is 5.16. The van der Waals surface area contributed by atoms with Gasteiger partial charge in [0.25, 0.3) is 0 Å². The Balaban J connectivity index is 2.09. The van der Waals surface area contributed by atoms with E-state index in [0.717, 1.165) is 5.69 Å². The third-order valence-electron chi connectivity index (χ3n) is 2.79. The van der Waals surface area contributed by atoms with Gasteiger partial charge in [-0.3, -0.25) is 4.79 Å². The van der Waals surface area contributed by atoms with Crippen LogP contribution in [0, 0.1) is 0 Å². The summed E-state index contributed by atoms with van der Waals surface area (Å²) in [5.41, 5.74) is 11.9. The average Bonchev–Trinajstić information content (AvgIpc) is 2.45. The molecular formula is C14H18N6OS. The minimum atomic E-state index is -0.0382. The monoisotopic (exact) mass is 318 g/mol. The number of nitrogen functional groups attached to an aromatic ring is 2. The van der Waals surface area contributed by atoms with Gasteiger partial charge < -0.3 is 16.4 Å². The molecule has 8 heteroatoms. The number of thioether (sulfide) groups is 1. The lowest BCUT2D eigenvalue weighted by Crippen LogP contribution is -2.38. The summed E-state index contributed by atoms with van der Waals surface area (Å²) in [4.78, 5) is 25.8. The summed E-state index contributed by atoms with van der Waals surface area (Å²) in [6.07, 6.45) is 0. The first-order valence-electron chi connectivity index (χ1n) is 6.74. The Labute approximate surface area is 133 Å². The van der Waals surface area contributed by atoms with Crippen LogP contribution in [0.2, 0.25) is 0 Å². The number of anilines is 3. The molecule has 0 radical (unpaired) electrons. The van der Waals surface area contributed by atoms with Crippen molar-refractivity contribution >= 4 is 35.3 Å². The topological polar surface area (TPSA) is 111 Å². The van der Waals surface area contributed by atoms with Gasteiger partial charge in [0.15, 0.2) is 5.16 Å². The molecule has 0 atom stereocenters. The number of carbonyl (C=O) groups is 1. The van der Waals surface area contributed by atoms with Crippen LogP contribution in [0.4, 0.5) is 17.6 Å². The third kappa shape index (κ3) is 4.08. The van der Waals surface area contributed by atoms with Crippen LogP contribution in [0.5, 0.6) is 0 Å². The van der Waals surface area contributed by atoms with Gasteiger partial charge in [-0.05, 0) is 26.0 Å². The normalized spacial score (nSPS) is 10.7. The first-order valence-corrected chi connectivity index (χ1v) is 7.73. The average molecular weight is 318 g/mol. The van der Waals surface area contributed by atoms with Crippen molar-refractivity contribution in [3.05, 3.63) is 30.3 Å². The molecule has 1 amide bonds. The van der Waals surface area contributed by atoms with Crippen LogP contribution in [0.3, 0.4) is 0 Å². The third-order valence-corrected chi connectivity index (χ3v) is 3.63. The molecule has 4 N–H and O–H groups in total. The van der Waals surface area contributed by atoms with Gasteiger partial charge in [0.1, 0.15) is 0 Å². The maximum Gasteiger partial charge on any atom is 0.237 e. The van der Waals surface area contributed by atoms with Gasteiger partial charge in [0.2, 0.25) is 17.8 Å². The standard InChI is InChI=1S/C14H18N6OS/c1-9(2)20(10-6-4-3-5-7-10)11(21)8-22-14-18-12(15)17-13(16)19-14/h3-7,9H,8H2,1-2H3,(H4,15,16,17,18,19). The molecule has 7 nitrogen and oxygen atoms in total. The molecule has 1 heterocycles. The van der Waals surface area contributed by atoms with Gasteiger partial charge in [-0.15, -0.1) is 0 Å². The van der Waals surface area contributed by atoms with E-state index in [1.54, 1.807) is 4.90 Å². The number of aromatic nitrogens is 3. The molecule has 2 aromatic rings. The van der Waals surface area contributed by atoms with Crippen LogP contribution in [0.1, 0.15) is 13.8 Å². The molecular weight excluding hydrogens is 300 g/mol. The van der Waals surface area contributed by atoms with Gasteiger partial charge in [0, 0.05) is 11.7 Å². The lowest BCUT2D eigenvalue weighted by molar-refractivity contribution is -0.116. The highest BCUT2D eigenvalue weighted by Gasteiger charge is 2.19. The lowest BCUT2D eigenvalue weighted by Gasteiger charge is -2.26. The fraction of sp³-hybridized carbons (Fsp3) is 0.286. The van der Waals surface area contributed by atoms with E-state index in [9.17, 15) is 4.79 Å². The van der Waals surface area contributed by atoms with Gasteiger partial charge in [-0.2, -0.15) is 15.0 Å². The molecule has 0 fully saturated rings. The summed E-state index contributed by atoms with van der Waals surface area (Å²) in [6.45, 7) is 3.93. The predicted octanol–water partition coefficient (Wildman–Crippen LogP) is 1.57. The van der Waals surface area contributed by atoms with E-state index in [0.29, 0.717) is 5.16 Å². The van der Waals surface area contributed by atoms with E-state index in [1.807, 2.05) is 44.2 Å². The second kappa shape index (κ2) is 7.08. The van der Waals surface area contributed by atoms with E-state index in [2.05, 4.69) is 15.0 Å². The van der Waals surface area contributed by atoms with E-state index in [-0.39, 0.29) is 29.6 Å². The molecule has 0 aliphatic rings. The van der Waals surface area contributed by atoms with Crippen LogP contribution < -0.4 is 16.4 Å². The van der Waals surface area contributed by atoms with Crippen molar-refractivity contribution < 1.29 is 4.79 Å². The second-order valence-electron chi connectivity index (χ2n) is 4.82. The summed E-state index contributed by atoms with van der Waals surface area (Å²) in [5.74, 6) is 0.247. The number of amides is 1. The first-order chi connectivity index (χ1) is 10.5. The maximum absolute atomic E-state index is 12.5. The minimum Gasteiger partial charge on any atom is -0.368 e. The molecule has 0 unspecified atom stereocenters. The molecule has 0 spiro atoms. The lowest BCUT2D eigenvalue weighted by atomic mass is 10.2. The number of hydrogen-bond acceptors (Lipinski definition) is 7. The SMILES string of the molecule is CC(C)N(C(=O)CSc1nc(N)nc(N)n1)c1ccccc1. The van der Waals surface area contributed by atoms with Crippen LogP contribution >= 0.6 is 11.8 Å². The first kappa shape index (κ1) is 16.0. The van der Waals surface area contributed by atoms with Crippen molar-refractivity contribution in [2.75, 3.05) is 22.1 Å². The van der Waals surface area contributed by atoms with Crippen LogP contribution in [-0.4, -0.2) is 32.7 Å². The number of nitrogens with two attached hydrogens (primary N) is 2. The van der Waals surface area contributed by atoms with E-state index in [4.69, 9.17) is 11.5 Å². The molecule has 0 bridgehead atoms. The molecule has 0 aliphatic heterocycles. The van der Waals surface area contributed by atoms with Gasteiger partial charge in [0.05, 0.1) is 5.75 Å². The van der Waals surface area contributed by atoms with Crippen molar-refractivity contribution in [3.8, 4) is 0 Å². The van der Waals surface area contributed by atoms with E-state index < -0.39 is 0 Å². The van der Waals surface area contributed by atoms with Crippen molar-refractivity contribution in [1.29, 1.82) is 0 Å². The molecule has 116 valence electrons. The Hall–Kier alpha value is -2.35. The van der Waals surface area contributed by atoms with Crippen LogP contribution in [0.25, 0.3) is 0 Å². The maximum atomic E-state index is 12.5. The van der Waals surface area contributed by atoms with Crippen molar-refractivity contribution in [3.63, 3.8) is 0 Å². The number of nitrogens with zero attached hydrogens (tertiary/aromatic N) is 4. The number of benzene rings is 1. The van der Waals surface area contributed by atoms with Crippen molar-refractivity contribution in [1.82, 2.24) is 15.0 Å². The molecule has 1 aromatic heterocycles. The number of rotatable bonds is 5. The summed E-state index contributed by atoms with van der Waals surface area (Å²) >= 11 is 1.18. The quantitative estimate of drug-likeness (QED) is 0.805. The number of para-hydroxylation sites is 1. The highest BCUT2D eigenvalue weighted by atomic mass is 32.2. The van der Waals surface area contributed by atoms with Gasteiger partial charge in [-0.25, -0.2) is 0 Å². The van der Waals surface area contributed by atoms with E-state index >= 15 is 0 Å².